The minimum atomic E-state index is 0.405. The first-order chi connectivity index (χ1) is 10.2. The molecule has 1 heterocycles. The first-order valence-electron chi connectivity index (χ1n) is 6.89. The molecular formula is C14H21ClN4OS. The quantitative estimate of drug-likeness (QED) is 0.640. The van der Waals surface area contributed by atoms with Crippen molar-refractivity contribution in [2.75, 3.05) is 50.1 Å². The molecule has 7 heteroatoms. The van der Waals surface area contributed by atoms with Gasteiger partial charge in [-0.3, -0.25) is 9.89 Å². The number of nitrogens with two attached hydrogens (primary N) is 1. The number of anilines is 1. The number of guanidine groups is 1. The van der Waals surface area contributed by atoms with Crippen LogP contribution in [0.3, 0.4) is 0 Å². The van der Waals surface area contributed by atoms with Crippen LogP contribution in [0.5, 0.6) is 5.75 Å². The minimum Gasteiger partial charge on any atom is -0.495 e. The standard InChI is InChI=1S/C14H21ClN4OS/c1-20-13-3-2-11(10-12(13)15)18-14(16)17-4-5-19-6-8-21-9-7-19/h2-3,10H,4-9H2,1H3,(H3,16,17,18). The molecule has 21 heavy (non-hydrogen) atoms. The summed E-state index contributed by atoms with van der Waals surface area (Å²) >= 11 is 8.07. The second-order valence-electron chi connectivity index (χ2n) is 4.70. The van der Waals surface area contributed by atoms with Crippen LogP contribution < -0.4 is 15.8 Å². The molecule has 116 valence electrons. The summed E-state index contributed by atoms with van der Waals surface area (Å²) in [5, 5.41) is 3.58. The highest BCUT2D eigenvalue weighted by Crippen LogP contribution is 2.26. The van der Waals surface area contributed by atoms with Crippen molar-refractivity contribution in [2.45, 2.75) is 0 Å². The summed E-state index contributed by atoms with van der Waals surface area (Å²) in [6, 6.07) is 5.42. The summed E-state index contributed by atoms with van der Waals surface area (Å²) in [5.74, 6) is 3.46. The third-order valence-electron chi connectivity index (χ3n) is 3.23. The van der Waals surface area contributed by atoms with Crippen molar-refractivity contribution in [1.82, 2.24) is 4.90 Å². The van der Waals surface area contributed by atoms with E-state index in [2.05, 4.69) is 15.2 Å². The molecule has 1 aliphatic rings. The molecule has 0 amide bonds. The first-order valence-corrected chi connectivity index (χ1v) is 8.43. The fourth-order valence-electron chi connectivity index (χ4n) is 2.07. The van der Waals surface area contributed by atoms with E-state index in [1.165, 1.54) is 11.5 Å². The van der Waals surface area contributed by atoms with E-state index < -0.39 is 0 Å². The van der Waals surface area contributed by atoms with Crippen molar-refractivity contribution >= 4 is 35.0 Å². The third-order valence-corrected chi connectivity index (χ3v) is 4.46. The predicted octanol–water partition coefficient (Wildman–Crippen LogP) is 2.12. The summed E-state index contributed by atoms with van der Waals surface area (Å²) in [5.41, 5.74) is 6.69. The zero-order valence-corrected chi connectivity index (χ0v) is 13.7. The third kappa shape index (κ3) is 5.30. The van der Waals surface area contributed by atoms with Crippen molar-refractivity contribution in [3.8, 4) is 5.75 Å². The Labute approximate surface area is 134 Å². The molecule has 0 unspecified atom stereocenters. The molecule has 0 bridgehead atoms. The maximum atomic E-state index is 6.06. The van der Waals surface area contributed by atoms with Gasteiger partial charge in [-0.25, -0.2) is 0 Å². The van der Waals surface area contributed by atoms with Crippen molar-refractivity contribution < 1.29 is 4.74 Å². The summed E-state index contributed by atoms with van der Waals surface area (Å²) in [6.45, 7) is 3.93. The maximum absolute atomic E-state index is 6.06. The highest BCUT2D eigenvalue weighted by molar-refractivity contribution is 7.99. The van der Waals surface area contributed by atoms with Crippen LogP contribution in [0.15, 0.2) is 23.2 Å². The Morgan fingerprint density at radius 2 is 2.24 bits per heavy atom. The molecule has 0 aliphatic carbocycles. The normalized spacial score (nSPS) is 16.8. The Bertz CT molecular complexity index is 492. The van der Waals surface area contributed by atoms with Crippen molar-refractivity contribution in [3.05, 3.63) is 23.2 Å². The number of halogens is 1. The molecule has 3 N–H and O–H groups in total. The second-order valence-corrected chi connectivity index (χ2v) is 6.33. The van der Waals surface area contributed by atoms with Crippen LogP contribution in [0, 0.1) is 0 Å². The SMILES string of the molecule is COc1ccc(NC(N)=NCCN2CCSCC2)cc1Cl. The van der Waals surface area contributed by atoms with Crippen molar-refractivity contribution in [2.24, 2.45) is 10.7 Å². The van der Waals surface area contributed by atoms with Gasteiger partial charge in [0.25, 0.3) is 0 Å². The molecular weight excluding hydrogens is 308 g/mol. The number of rotatable bonds is 5. The van der Waals surface area contributed by atoms with E-state index in [1.54, 1.807) is 19.2 Å². The Hall–Kier alpha value is -1.11. The van der Waals surface area contributed by atoms with Crippen molar-refractivity contribution in [3.63, 3.8) is 0 Å². The molecule has 0 saturated carbocycles. The number of thioether (sulfide) groups is 1. The zero-order chi connectivity index (χ0) is 15.1. The summed E-state index contributed by atoms with van der Waals surface area (Å²) in [7, 11) is 1.59. The molecule has 1 aromatic rings. The number of hydrogen-bond acceptors (Lipinski definition) is 4. The lowest BCUT2D eigenvalue weighted by Gasteiger charge is -2.25. The van der Waals surface area contributed by atoms with Gasteiger partial charge in [-0.15, -0.1) is 0 Å². The second kappa shape index (κ2) is 8.36. The fourth-order valence-corrected chi connectivity index (χ4v) is 3.30. The average molecular weight is 329 g/mol. The number of ether oxygens (including phenoxy) is 1. The van der Waals surface area contributed by atoms with Crippen LogP contribution in [-0.4, -0.2) is 55.7 Å². The lowest BCUT2D eigenvalue weighted by Crippen LogP contribution is -2.35. The molecule has 1 saturated heterocycles. The topological polar surface area (TPSA) is 62.9 Å². The van der Waals surface area contributed by atoms with Crippen molar-refractivity contribution in [1.29, 1.82) is 0 Å². The predicted molar refractivity (Wildman–Crippen MR) is 91.9 cm³/mol. The Morgan fingerprint density at radius 1 is 1.48 bits per heavy atom. The van der Waals surface area contributed by atoms with E-state index in [0.29, 0.717) is 23.3 Å². The number of benzene rings is 1. The Morgan fingerprint density at radius 3 is 2.90 bits per heavy atom. The number of aliphatic imine (C=N–C) groups is 1. The monoisotopic (exact) mass is 328 g/mol. The van der Waals surface area contributed by atoms with Crippen LogP contribution in [0.4, 0.5) is 5.69 Å². The van der Waals surface area contributed by atoms with E-state index in [1.807, 2.05) is 17.8 Å². The van der Waals surface area contributed by atoms with Gasteiger partial charge in [0.05, 0.1) is 18.7 Å². The molecule has 1 fully saturated rings. The fraction of sp³-hybridized carbons (Fsp3) is 0.500. The van der Waals surface area contributed by atoms with Gasteiger partial charge in [-0.05, 0) is 18.2 Å². The summed E-state index contributed by atoms with van der Waals surface area (Å²) in [6.07, 6.45) is 0. The minimum absolute atomic E-state index is 0.405. The van der Waals surface area contributed by atoms with Gasteiger partial charge >= 0.3 is 0 Å². The highest BCUT2D eigenvalue weighted by atomic mass is 35.5. The van der Waals surface area contributed by atoms with E-state index in [0.717, 1.165) is 25.3 Å². The number of hydrogen-bond donors (Lipinski definition) is 2. The van der Waals surface area contributed by atoms with E-state index in [-0.39, 0.29) is 0 Å². The molecule has 0 aromatic heterocycles. The van der Waals surface area contributed by atoms with Gasteiger partial charge in [0.15, 0.2) is 5.96 Å². The molecule has 1 aromatic carbocycles. The van der Waals surface area contributed by atoms with Crippen LogP contribution in [0.1, 0.15) is 0 Å². The van der Waals surface area contributed by atoms with Crippen LogP contribution in [0.2, 0.25) is 5.02 Å². The number of methoxy groups -OCH3 is 1. The lowest BCUT2D eigenvalue weighted by atomic mass is 10.3. The van der Waals surface area contributed by atoms with Crippen LogP contribution in [-0.2, 0) is 0 Å². The van der Waals surface area contributed by atoms with Gasteiger partial charge in [-0.2, -0.15) is 11.8 Å². The van der Waals surface area contributed by atoms with Gasteiger partial charge in [0, 0.05) is 36.8 Å². The first kappa shape index (κ1) is 16.3. The molecule has 0 radical (unpaired) electrons. The van der Waals surface area contributed by atoms with E-state index in [9.17, 15) is 0 Å². The van der Waals surface area contributed by atoms with Crippen LogP contribution >= 0.6 is 23.4 Å². The maximum Gasteiger partial charge on any atom is 0.193 e. The molecule has 5 nitrogen and oxygen atoms in total. The molecule has 0 atom stereocenters. The van der Waals surface area contributed by atoms with E-state index >= 15 is 0 Å². The summed E-state index contributed by atoms with van der Waals surface area (Å²) < 4.78 is 5.11. The van der Waals surface area contributed by atoms with Gasteiger partial charge in [-0.1, -0.05) is 11.6 Å². The zero-order valence-electron chi connectivity index (χ0n) is 12.1. The average Bonchev–Trinajstić information content (AvgIpc) is 2.48. The highest BCUT2D eigenvalue weighted by Gasteiger charge is 2.09. The number of nitrogens with zero attached hydrogens (tertiary/aromatic N) is 2. The lowest BCUT2D eigenvalue weighted by molar-refractivity contribution is 0.311. The largest absolute Gasteiger partial charge is 0.495 e. The Balaban J connectivity index is 1.81. The molecule has 1 aliphatic heterocycles. The van der Waals surface area contributed by atoms with Gasteiger partial charge in [0.2, 0.25) is 0 Å². The van der Waals surface area contributed by atoms with E-state index in [4.69, 9.17) is 22.1 Å². The summed E-state index contributed by atoms with van der Waals surface area (Å²) in [4.78, 5) is 6.76. The van der Waals surface area contributed by atoms with Crippen LogP contribution in [0.25, 0.3) is 0 Å². The Kier molecular flexibility index (Phi) is 6.48. The molecule has 2 rings (SSSR count). The number of nitrogens with one attached hydrogen (secondary N) is 1. The van der Waals surface area contributed by atoms with Gasteiger partial charge in [0.1, 0.15) is 5.75 Å². The smallest absolute Gasteiger partial charge is 0.193 e. The van der Waals surface area contributed by atoms with Gasteiger partial charge < -0.3 is 15.8 Å². The molecule has 0 spiro atoms.